The fraction of sp³-hybridized carbons (Fsp3) is 0.385. The van der Waals surface area contributed by atoms with Crippen LogP contribution in [0.25, 0.3) is 0 Å². The fourth-order valence-corrected chi connectivity index (χ4v) is 2.60. The van der Waals surface area contributed by atoms with Gasteiger partial charge in [0.1, 0.15) is 11.9 Å². The Bertz CT molecular complexity index is 517. The molecule has 19 heavy (non-hydrogen) atoms. The van der Waals surface area contributed by atoms with E-state index in [4.69, 9.17) is 9.84 Å². The first-order valence-corrected chi connectivity index (χ1v) is 6.89. The number of fused-ring (bicyclic) bond motifs is 1. The molecule has 102 valence electrons. The number of carboxylic acids is 1. The van der Waals surface area contributed by atoms with E-state index in [1.165, 1.54) is 18.7 Å². The SMILES string of the molecule is CC(=O)N1CC(C)Oc2ccc(SCC(=O)O)cc21. The van der Waals surface area contributed by atoms with Crippen molar-refractivity contribution < 1.29 is 19.4 Å². The average molecular weight is 281 g/mol. The molecule has 0 saturated heterocycles. The van der Waals surface area contributed by atoms with Crippen molar-refractivity contribution in [1.82, 2.24) is 0 Å². The van der Waals surface area contributed by atoms with Crippen molar-refractivity contribution in [2.75, 3.05) is 17.2 Å². The number of carbonyl (C=O) groups is 2. The Labute approximate surface area is 115 Å². The predicted molar refractivity (Wildman–Crippen MR) is 72.9 cm³/mol. The summed E-state index contributed by atoms with van der Waals surface area (Å²) >= 11 is 1.22. The van der Waals surface area contributed by atoms with Gasteiger partial charge in [0, 0.05) is 11.8 Å². The van der Waals surface area contributed by atoms with E-state index in [1.807, 2.05) is 13.0 Å². The van der Waals surface area contributed by atoms with Crippen LogP contribution < -0.4 is 9.64 Å². The number of ether oxygens (including phenoxy) is 1. The molecule has 0 aromatic heterocycles. The van der Waals surface area contributed by atoms with Crippen LogP contribution in [0.15, 0.2) is 23.1 Å². The number of rotatable bonds is 3. The molecular formula is C13H15NO4S. The normalized spacial score (nSPS) is 17.6. The summed E-state index contributed by atoms with van der Waals surface area (Å²) in [5, 5.41) is 8.68. The number of hydrogen-bond acceptors (Lipinski definition) is 4. The number of aliphatic carboxylic acids is 1. The number of carboxylic acid groups (broad SMARTS) is 1. The van der Waals surface area contributed by atoms with Crippen LogP contribution >= 0.6 is 11.8 Å². The summed E-state index contributed by atoms with van der Waals surface area (Å²) in [6, 6.07) is 5.39. The highest BCUT2D eigenvalue weighted by molar-refractivity contribution is 8.00. The van der Waals surface area contributed by atoms with Crippen molar-refractivity contribution >= 4 is 29.3 Å². The zero-order valence-corrected chi connectivity index (χ0v) is 11.6. The van der Waals surface area contributed by atoms with E-state index in [0.717, 1.165) is 4.90 Å². The Morgan fingerprint density at radius 3 is 2.89 bits per heavy atom. The maximum atomic E-state index is 11.7. The van der Waals surface area contributed by atoms with Gasteiger partial charge >= 0.3 is 5.97 Å². The van der Waals surface area contributed by atoms with Gasteiger partial charge in [-0.15, -0.1) is 11.8 Å². The molecular weight excluding hydrogens is 266 g/mol. The molecule has 1 atom stereocenters. The van der Waals surface area contributed by atoms with Crippen molar-refractivity contribution in [3.05, 3.63) is 18.2 Å². The van der Waals surface area contributed by atoms with Gasteiger partial charge in [0.15, 0.2) is 0 Å². The molecule has 0 fully saturated rings. The highest BCUT2D eigenvalue weighted by atomic mass is 32.2. The van der Waals surface area contributed by atoms with Gasteiger partial charge in [-0.2, -0.15) is 0 Å². The second-order valence-corrected chi connectivity index (χ2v) is 5.42. The zero-order chi connectivity index (χ0) is 14.0. The van der Waals surface area contributed by atoms with Gasteiger partial charge in [0.2, 0.25) is 5.91 Å². The maximum absolute atomic E-state index is 11.7. The van der Waals surface area contributed by atoms with Crippen LogP contribution in [0, 0.1) is 0 Å². The van der Waals surface area contributed by atoms with Crippen LogP contribution in [0.5, 0.6) is 5.75 Å². The lowest BCUT2D eigenvalue weighted by molar-refractivity contribution is -0.133. The Balaban J connectivity index is 2.28. The fourth-order valence-electron chi connectivity index (χ4n) is 1.95. The molecule has 1 aromatic rings. The summed E-state index contributed by atoms with van der Waals surface area (Å²) in [5.74, 6) is -0.253. The Morgan fingerprint density at radius 2 is 2.26 bits per heavy atom. The maximum Gasteiger partial charge on any atom is 0.313 e. The third-order valence-corrected chi connectivity index (χ3v) is 3.71. The molecule has 1 N–H and O–H groups in total. The second kappa shape index (κ2) is 5.52. The van der Waals surface area contributed by atoms with Crippen molar-refractivity contribution in [1.29, 1.82) is 0 Å². The molecule has 1 heterocycles. The second-order valence-electron chi connectivity index (χ2n) is 4.37. The average Bonchev–Trinajstić information content (AvgIpc) is 2.35. The van der Waals surface area contributed by atoms with E-state index in [1.54, 1.807) is 17.0 Å². The van der Waals surface area contributed by atoms with E-state index in [2.05, 4.69) is 0 Å². The van der Waals surface area contributed by atoms with Crippen LogP contribution in [-0.4, -0.2) is 35.4 Å². The zero-order valence-electron chi connectivity index (χ0n) is 10.8. The largest absolute Gasteiger partial charge is 0.487 e. The van der Waals surface area contributed by atoms with E-state index < -0.39 is 5.97 Å². The molecule has 1 aliphatic heterocycles. The predicted octanol–water partition coefficient (Wildman–Crippen LogP) is 2.00. The summed E-state index contributed by atoms with van der Waals surface area (Å²) in [6.45, 7) is 3.93. The quantitative estimate of drug-likeness (QED) is 0.858. The summed E-state index contributed by atoms with van der Waals surface area (Å²) in [5.41, 5.74) is 0.709. The first-order valence-electron chi connectivity index (χ1n) is 5.91. The minimum Gasteiger partial charge on any atom is -0.487 e. The molecule has 6 heteroatoms. The van der Waals surface area contributed by atoms with Gasteiger partial charge in [-0.05, 0) is 25.1 Å². The topological polar surface area (TPSA) is 66.8 Å². The Kier molecular flexibility index (Phi) is 3.99. The van der Waals surface area contributed by atoms with Crippen LogP contribution in [0.3, 0.4) is 0 Å². The van der Waals surface area contributed by atoms with Gasteiger partial charge in [-0.3, -0.25) is 9.59 Å². The van der Waals surface area contributed by atoms with Gasteiger partial charge < -0.3 is 14.7 Å². The van der Waals surface area contributed by atoms with E-state index in [9.17, 15) is 9.59 Å². The van der Waals surface area contributed by atoms with Gasteiger partial charge in [0.05, 0.1) is 18.0 Å². The summed E-state index contributed by atoms with van der Waals surface area (Å²) in [4.78, 5) is 24.7. The summed E-state index contributed by atoms with van der Waals surface area (Å²) in [6.07, 6.45) is -0.0473. The summed E-state index contributed by atoms with van der Waals surface area (Å²) in [7, 11) is 0. The smallest absolute Gasteiger partial charge is 0.313 e. The monoisotopic (exact) mass is 281 g/mol. The highest BCUT2D eigenvalue weighted by Gasteiger charge is 2.25. The summed E-state index contributed by atoms with van der Waals surface area (Å²) < 4.78 is 5.67. The first kappa shape index (κ1) is 13.7. The van der Waals surface area contributed by atoms with Crippen molar-refractivity contribution in [3.8, 4) is 5.75 Å². The lowest BCUT2D eigenvalue weighted by Gasteiger charge is -2.33. The molecule has 0 saturated carbocycles. The van der Waals surface area contributed by atoms with Crippen LogP contribution in [0.4, 0.5) is 5.69 Å². The third-order valence-electron chi connectivity index (χ3n) is 2.73. The van der Waals surface area contributed by atoms with E-state index in [-0.39, 0.29) is 17.8 Å². The number of benzene rings is 1. The van der Waals surface area contributed by atoms with Crippen LogP contribution in [0.1, 0.15) is 13.8 Å². The van der Waals surface area contributed by atoms with Gasteiger partial charge in [0.25, 0.3) is 0 Å². The first-order chi connectivity index (χ1) is 8.97. The third kappa shape index (κ3) is 3.20. The molecule has 5 nitrogen and oxygen atoms in total. The lowest BCUT2D eigenvalue weighted by atomic mass is 10.2. The standard InChI is InChI=1S/C13H15NO4S/c1-8-6-14(9(2)15)11-5-10(19-7-13(16)17)3-4-12(11)18-8/h3-5,8H,6-7H2,1-2H3,(H,16,17). The Morgan fingerprint density at radius 1 is 1.53 bits per heavy atom. The molecule has 1 aromatic carbocycles. The minimum absolute atomic E-state index is 0.00385. The van der Waals surface area contributed by atoms with Crippen LogP contribution in [0.2, 0.25) is 0 Å². The minimum atomic E-state index is -0.865. The number of thioether (sulfide) groups is 1. The van der Waals surface area contributed by atoms with E-state index in [0.29, 0.717) is 18.0 Å². The van der Waals surface area contributed by atoms with Crippen molar-refractivity contribution in [2.45, 2.75) is 24.8 Å². The number of anilines is 1. The molecule has 0 aliphatic carbocycles. The number of amides is 1. The van der Waals surface area contributed by atoms with Crippen molar-refractivity contribution in [2.24, 2.45) is 0 Å². The molecule has 1 unspecified atom stereocenters. The van der Waals surface area contributed by atoms with E-state index >= 15 is 0 Å². The Hall–Kier alpha value is -1.69. The molecule has 2 rings (SSSR count). The van der Waals surface area contributed by atoms with Gasteiger partial charge in [-0.25, -0.2) is 0 Å². The van der Waals surface area contributed by atoms with Crippen LogP contribution in [-0.2, 0) is 9.59 Å². The lowest BCUT2D eigenvalue weighted by Crippen LogP contribution is -2.41. The number of carbonyl (C=O) groups excluding carboxylic acids is 1. The molecule has 0 radical (unpaired) electrons. The number of hydrogen-bond donors (Lipinski definition) is 1. The van der Waals surface area contributed by atoms with Crippen molar-refractivity contribution in [3.63, 3.8) is 0 Å². The van der Waals surface area contributed by atoms with Gasteiger partial charge in [-0.1, -0.05) is 0 Å². The molecule has 1 aliphatic rings. The molecule has 0 spiro atoms. The molecule has 0 bridgehead atoms. The number of nitrogens with zero attached hydrogens (tertiary/aromatic N) is 1. The molecule has 1 amide bonds. The highest BCUT2D eigenvalue weighted by Crippen LogP contribution is 2.36.